The molecule has 4 unspecified atom stereocenters. The fourth-order valence-corrected chi connectivity index (χ4v) is 11.7. The number of phosphoric ester groups is 2. The molecule has 0 aromatic rings. The van der Waals surface area contributed by atoms with Gasteiger partial charge in [0.2, 0.25) is 0 Å². The van der Waals surface area contributed by atoms with Crippen LogP contribution in [-0.2, 0) is 65.4 Å². The van der Waals surface area contributed by atoms with Crippen LogP contribution in [0.15, 0.2) is 0 Å². The molecule has 87 heavy (non-hydrogen) atoms. The highest BCUT2D eigenvalue weighted by atomic mass is 31.2. The van der Waals surface area contributed by atoms with E-state index in [1.807, 2.05) is 0 Å². The third kappa shape index (κ3) is 61.3. The molecule has 516 valence electrons. The Hall–Kier alpha value is -1.94. The number of phosphoric acid groups is 2. The monoisotopic (exact) mass is 1280 g/mol. The summed E-state index contributed by atoms with van der Waals surface area (Å²) in [6.07, 6.45) is 39.1. The lowest BCUT2D eigenvalue weighted by Crippen LogP contribution is -2.30. The predicted molar refractivity (Wildman–Crippen MR) is 349 cm³/mol. The first-order chi connectivity index (χ1) is 41.6. The minimum absolute atomic E-state index is 0.102. The third-order valence-electron chi connectivity index (χ3n) is 15.9. The topological polar surface area (TPSA) is 237 Å². The van der Waals surface area contributed by atoms with E-state index >= 15 is 0 Å². The summed E-state index contributed by atoms with van der Waals surface area (Å²) >= 11 is 0. The van der Waals surface area contributed by atoms with Crippen LogP contribution in [0.3, 0.4) is 0 Å². The van der Waals surface area contributed by atoms with Gasteiger partial charge in [-0.05, 0) is 49.4 Å². The molecule has 0 aromatic carbocycles. The molecular weight excluding hydrogens is 1150 g/mol. The number of carbonyl (C=O) groups excluding carboxylic acids is 4. The average molecular weight is 1280 g/mol. The van der Waals surface area contributed by atoms with E-state index in [9.17, 15) is 43.2 Å². The van der Waals surface area contributed by atoms with Crippen LogP contribution in [0.1, 0.15) is 331 Å². The van der Waals surface area contributed by atoms with Crippen molar-refractivity contribution in [2.75, 3.05) is 39.6 Å². The van der Waals surface area contributed by atoms with Gasteiger partial charge in [-0.25, -0.2) is 9.13 Å². The molecule has 0 amide bonds. The van der Waals surface area contributed by atoms with E-state index in [-0.39, 0.29) is 25.7 Å². The molecule has 0 aromatic heterocycles. The van der Waals surface area contributed by atoms with Crippen LogP contribution in [-0.4, -0.2) is 96.7 Å². The summed E-state index contributed by atoms with van der Waals surface area (Å²) in [5.41, 5.74) is 0. The minimum Gasteiger partial charge on any atom is -0.462 e. The molecule has 0 spiro atoms. The Balaban J connectivity index is 5.22. The maximum absolute atomic E-state index is 13.0. The van der Waals surface area contributed by atoms with E-state index in [1.165, 1.54) is 128 Å². The van der Waals surface area contributed by atoms with Gasteiger partial charge in [-0.15, -0.1) is 0 Å². The maximum atomic E-state index is 13.0. The lowest BCUT2D eigenvalue weighted by Gasteiger charge is -2.21. The molecule has 0 saturated heterocycles. The number of rotatable bonds is 65. The normalized spacial score (nSPS) is 14.6. The summed E-state index contributed by atoms with van der Waals surface area (Å²) in [5.74, 6) is 0.798. The Morgan fingerprint density at radius 3 is 0.816 bits per heavy atom. The quantitative estimate of drug-likeness (QED) is 0.0222. The Kier molecular flexibility index (Phi) is 56.6. The van der Waals surface area contributed by atoms with Crippen LogP contribution in [0.2, 0.25) is 0 Å². The average Bonchev–Trinajstić information content (AvgIpc) is 3.60. The maximum Gasteiger partial charge on any atom is 0.472 e. The Morgan fingerprint density at radius 1 is 0.322 bits per heavy atom. The first-order valence-electron chi connectivity index (χ1n) is 35.2. The fraction of sp³-hybridized carbons (Fsp3) is 0.941. The van der Waals surface area contributed by atoms with E-state index in [2.05, 4.69) is 55.4 Å². The smallest absolute Gasteiger partial charge is 0.462 e. The van der Waals surface area contributed by atoms with Gasteiger partial charge in [-0.1, -0.05) is 280 Å². The number of ether oxygens (including phenoxy) is 4. The molecule has 0 radical (unpaired) electrons. The second-order valence-electron chi connectivity index (χ2n) is 26.2. The molecule has 0 heterocycles. The number of aliphatic hydroxyl groups is 1. The minimum atomic E-state index is -4.95. The summed E-state index contributed by atoms with van der Waals surface area (Å²) < 4.78 is 68.1. The molecule has 0 bridgehead atoms. The highest BCUT2D eigenvalue weighted by molar-refractivity contribution is 7.47. The molecule has 17 nitrogen and oxygen atoms in total. The zero-order valence-corrected chi connectivity index (χ0v) is 58.4. The molecule has 6 atom stereocenters. The molecule has 3 N–H and O–H groups in total. The van der Waals surface area contributed by atoms with Crippen molar-refractivity contribution in [1.29, 1.82) is 0 Å². The third-order valence-corrected chi connectivity index (χ3v) is 17.8. The number of esters is 4. The molecule has 0 aliphatic carbocycles. The summed E-state index contributed by atoms with van der Waals surface area (Å²) in [7, 11) is -9.90. The van der Waals surface area contributed by atoms with Gasteiger partial charge in [-0.3, -0.25) is 37.3 Å². The van der Waals surface area contributed by atoms with E-state index < -0.39 is 97.5 Å². The predicted octanol–water partition coefficient (Wildman–Crippen LogP) is 18.9. The van der Waals surface area contributed by atoms with Crippen LogP contribution in [0.25, 0.3) is 0 Å². The molecule has 0 rings (SSSR count). The summed E-state index contributed by atoms with van der Waals surface area (Å²) in [6.45, 7) is 14.0. The summed E-state index contributed by atoms with van der Waals surface area (Å²) in [6, 6.07) is 0. The van der Waals surface area contributed by atoms with Crippen molar-refractivity contribution < 1.29 is 80.2 Å². The largest absolute Gasteiger partial charge is 0.472 e. The Morgan fingerprint density at radius 2 is 0.552 bits per heavy atom. The molecule has 0 aliphatic heterocycles. The van der Waals surface area contributed by atoms with Crippen LogP contribution in [0, 0.1) is 23.7 Å². The molecule has 0 saturated carbocycles. The van der Waals surface area contributed by atoms with Crippen LogP contribution in [0.4, 0.5) is 0 Å². The first-order valence-corrected chi connectivity index (χ1v) is 38.2. The van der Waals surface area contributed by atoms with E-state index in [4.69, 9.17) is 37.0 Å². The highest BCUT2D eigenvalue weighted by Crippen LogP contribution is 2.45. The highest BCUT2D eigenvalue weighted by Gasteiger charge is 2.30. The number of aliphatic hydroxyl groups excluding tert-OH is 1. The van der Waals surface area contributed by atoms with Gasteiger partial charge in [0.25, 0.3) is 0 Å². The number of unbranched alkanes of at least 4 members (excludes halogenated alkanes) is 30. The van der Waals surface area contributed by atoms with Gasteiger partial charge >= 0.3 is 39.5 Å². The Bertz CT molecular complexity index is 1730. The lowest BCUT2D eigenvalue weighted by molar-refractivity contribution is -0.161. The van der Waals surface area contributed by atoms with Crippen molar-refractivity contribution in [3.8, 4) is 0 Å². The van der Waals surface area contributed by atoms with Gasteiger partial charge in [0.05, 0.1) is 26.4 Å². The second-order valence-corrected chi connectivity index (χ2v) is 29.1. The van der Waals surface area contributed by atoms with Crippen molar-refractivity contribution >= 4 is 39.5 Å². The van der Waals surface area contributed by atoms with E-state index in [1.54, 1.807) is 0 Å². The van der Waals surface area contributed by atoms with E-state index in [0.29, 0.717) is 31.6 Å². The first kappa shape index (κ1) is 85.1. The zero-order chi connectivity index (χ0) is 64.7. The van der Waals surface area contributed by atoms with Gasteiger partial charge in [-0.2, -0.15) is 0 Å². The fourth-order valence-electron chi connectivity index (χ4n) is 10.1. The number of hydrogen-bond acceptors (Lipinski definition) is 15. The SMILES string of the molecule is CCC(C)CCCCCCCCC(=O)O[C@H](COC(=O)CCCCCCCCCC(C)C)COP(=O)(O)OCC(O)COP(=O)(O)OC[C@@H](COC(=O)CCCCCCCCCCCCCCCC(C)C)OC(=O)CCCCCCCCCCC(C)C. The Labute approximate surface area is 530 Å². The van der Waals surface area contributed by atoms with Crippen molar-refractivity contribution in [3.63, 3.8) is 0 Å². The van der Waals surface area contributed by atoms with Gasteiger partial charge in [0.15, 0.2) is 12.2 Å². The van der Waals surface area contributed by atoms with Gasteiger partial charge < -0.3 is 33.8 Å². The van der Waals surface area contributed by atoms with Crippen molar-refractivity contribution in [2.45, 2.75) is 350 Å². The standard InChI is InChI=1S/C68H132O17P2/c1-9-61(8)47-39-31-26-27-35-43-51-68(73)85-64(55-79-66(71)49-41-33-25-19-22-30-38-46-60(6)7)57-83-87(76,77)81-53-62(69)52-80-86(74,75)82-56-63(84-67(72)50-42-34-24-18-17-21-29-37-45-59(4)5)54-78-65(70)48-40-32-23-16-14-12-10-11-13-15-20-28-36-44-58(2)3/h58-64,69H,9-57H2,1-8H3,(H,74,75)(H,76,77)/t61?,62?,63-,64-/m1/s1. The van der Waals surface area contributed by atoms with Crippen molar-refractivity contribution in [3.05, 3.63) is 0 Å². The van der Waals surface area contributed by atoms with E-state index in [0.717, 1.165) is 114 Å². The molecule has 19 heteroatoms. The number of carbonyl (C=O) groups is 4. The molecule has 0 aliphatic rings. The molecule has 0 fully saturated rings. The second kappa shape index (κ2) is 57.9. The van der Waals surface area contributed by atoms with Gasteiger partial charge in [0, 0.05) is 25.7 Å². The lowest BCUT2D eigenvalue weighted by atomic mass is 10.00. The van der Waals surface area contributed by atoms with Crippen molar-refractivity contribution in [2.24, 2.45) is 23.7 Å². The number of hydrogen-bond donors (Lipinski definition) is 3. The van der Waals surface area contributed by atoms with Crippen LogP contribution in [0.5, 0.6) is 0 Å². The van der Waals surface area contributed by atoms with Crippen LogP contribution < -0.4 is 0 Å². The zero-order valence-electron chi connectivity index (χ0n) is 56.6. The summed E-state index contributed by atoms with van der Waals surface area (Å²) in [4.78, 5) is 72.4. The molecular formula is C68H132O17P2. The summed E-state index contributed by atoms with van der Waals surface area (Å²) in [5, 5.41) is 10.6. The van der Waals surface area contributed by atoms with Crippen molar-refractivity contribution in [1.82, 2.24) is 0 Å². The van der Waals surface area contributed by atoms with Gasteiger partial charge in [0.1, 0.15) is 19.3 Å². The van der Waals surface area contributed by atoms with Crippen LogP contribution >= 0.6 is 15.6 Å².